The summed E-state index contributed by atoms with van der Waals surface area (Å²) in [7, 11) is 1.52. The van der Waals surface area contributed by atoms with E-state index in [1.54, 1.807) is 42.5 Å². The van der Waals surface area contributed by atoms with Gasteiger partial charge in [0.1, 0.15) is 5.75 Å². The molecule has 0 fully saturated rings. The number of amides is 2. The van der Waals surface area contributed by atoms with Gasteiger partial charge in [0.25, 0.3) is 11.8 Å². The molecule has 0 aliphatic carbocycles. The lowest BCUT2D eigenvalue weighted by Gasteiger charge is -2.14. The van der Waals surface area contributed by atoms with Crippen LogP contribution in [0.1, 0.15) is 30.6 Å². The summed E-state index contributed by atoms with van der Waals surface area (Å²) in [5.41, 5.74) is 5.03. The average Bonchev–Trinajstić information content (AvgIpc) is 2.71. The van der Waals surface area contributed by atoms with Crippen LogP contribution in [0.15, 0.2) is 46.9 Å². The molecule has 0 radical (unpaired) electrons. The molecule has 0 spiro atoms. The number of para-hydroxylation sites is 2. The molecule has 7 nitrogen and oxygen atoms in total. The first-order valence-corrected chi connectivity index (χ1v) is 9.97. The van der Waals surface area contributed by atoms with Gasteiger partial charge in [-0.2, -0.15) is 0 Å². The second-order valence-electron chi connectivity index (χ2n) is 6.61. The highest BCUT2D eigenvalue weighted by Crippen LogP contribution is 2.25. The minimum absolute atomic E-state index is 0.281. The van der Waals surface area contributed by atoms with E-state index in [-0.39, 0.29) is 6.61 Å². The molecule has 0 bridgehead atoms. The summed E-state index contributed by atoms with van der Waals surface area (Å²) in [4.78, 5) is 24.5. The van der Waals surface area contributed by atoms with E-state index >= 15 is 0 Å². The molecule has 2 rings (SSSR count). The predicted molar refractivity (Wildman–Crippen MR) is 113 cm³/mol. The summed E-state index contributed by atoms with van der Waals surface area (Å²) in [6.45, 7) is 4.41. The third-order valence-corrected chi connectivity index (χ3v) is 4.38. The number of hydrogen-bond donors (Lipinski definition) is 2. The van der Waals surface area contributed by atoms with Crippen molar-refractivity contribution < 1.29 is 23.8 Å². The molecule has 0 aromatic heterocycles. The normalized spacial score (nSPS) is 10.4. The molecule has 0 aliphatic heterocycles. The molecule has 2 aromatic carbocycles. The second-order valence-corrected chi connectivity index (χ2v) is 7.53. The Labute approximate surface area is 178 Å². The highest BCUT2D eigenvalue weighted by atomic mass is 79.9. The quantitative estimate of drug-likeness (QED) is 0.552. The van der Waals surface area contributed by atoms with E-state index in [1.165, 1.54) is 7.11 Å². The van der Waals surface area contributed by atoms with Crippen molar-refractivity contribution >= 4 is 27.7 Å². The van der Waals surface area contributed by atoms with Crippen molar-refractivity contribution in [1.29, 1.82) is 0 Å². The van der Waals surface area contributed by atoms with Crippen molar-refractivity contribution in [3.8, 4) is 17.2 Å². The van der Waals surface area contributed by atoms with E-state index < -0.39 is 11.8 Å². The van der Waals surface area contributed by atoms with Gasteiger partial charge >= 0.3 is 0 Å². The topological polar surface area (TPSA) is 85.9 Å². The second kappa shape index (κ2) is 11.3. The molecule has 0 atom stereocenters. The Morgan fingerprint density at radius 2 is 1.72 bits per heavy atom. The number of rotatable bonds is 9. The fourth-order valence-electron chi connectivity index (χ4n) is 2.32. The lowest BCUT2D eigenvalue weighted by molar-refractivity contribution is -0.123. The van der Waals surface area contributed by atoms with Crippen LogP contribution >= 0.6 is 15.9 Å². The lowest BCUT2D eigenvalue weighted by Crippen LogP contribution is -2.44. The van der Waals surface area contributed by atoms with E-state index in [1.807, 2.05) is 0 Å². The fourth-order valence-corrected chi connectivity index (χ4v) is 2.68. The molecule has 29 heavy (non-hydrogen) atoms. The molecule has 0 saturated heterocycles. The first-order valence-electron chi connectivity index (χ1n) is 9.18. The van der Waals surface area contributed by atoms with Crippen LogP contribution in [0.4, 0.5) is 0 Å². The molecule has 2 N–H and O–H groups in total. The maximum Gasteiger partial charge on any atom is 0.276 e. The van der Waals surface area contributed by atoms with Gasteiger partial charge in [0.05, 0.1) is 19.3 Å². The van der Waals surface area contributed by atoms with E-state index in [9.17, 15) is 9.59 Å². The van der Waals surface area contributed by atoms with Crippen LogP contribution in [0.3, 0.4) is 0 Å². The summed E-state index contributed by atoms with van der Waals surface area (Å²) in [6, 6.07) is 12.1. The predicted octanol–water partition coefficient (Wildman–Crippen LogP) is 3.72. The van der Waals surface area contributed by atoms with Gasteiger partial charge in [0.15, 0.2) is 18.1 Å². The number of hydrogen-bond acceptors (Lipinski definition) is 5. The summed E-state index contributed by atoms with van der Waals surface area (Å²) in [6.07, 6.45) is 0.869. The molecule has 8 heteroatoms. The van der Waals surface area contributed by atoms with Crippen molar-refractivity contribution in [2.45, 2.75) is 20.3 Å². The van der Waals surface area contributed by atoms with E-state index in [2.05, 4.69) is 40.6 Å². The number of benzene rings is 2. The van der Waals surface area contributed by atoms with Gasteiger partial charge in [0, 0.05) is 4.47 Å². The Morgan fingerprint density at radius 3 is 2.41 bits per heavy atom. The van der Waals surface area contributed by atoms with Gasteiger partial charge in [-0.3, -0.25) is 20.4 Å². The standard InChI is InChI=1S/C21H25BrN2O5/c1-14(2)10-11-28-17-9-8-15(22)12-16(17)21(26)24-23-20(25)13-29-19-7-5-4-6-18(19)27-3/h4-9,12,14H,10-11,13H2,1-3H3,(H,23,25)(H,24,26). The molecular formula is C21H25BrN2O5. The Bertz CT molecular complexity index is 842. The Balaban J connectivity index is 1.91. The molecule has 0 saturated carbocycles. The smallest absolute Gasteiger partial charge is 0.276 e. The minimum Gasteiger partial charge on any atom is -0.493 e. The van der Waals surface area contributed by atoms with Gasteiger partial charge in [0.2, 0.25) is 0 Å². The lowest BCUT2D eigenvalue weighted by atomic mass is 10.1. The van der Waals surface area contributed by atoms with Crippen molar-refractivity contribution in [2.24, 2.45) is 5.92 Å². The van der Waals surface area contributed by atoms with Crippen LogP contribution in [-0.2, 0) is 4.79 Å². The number of carbonyl (C=O) groups is 2. The summed E-state index contributed by atoms with van der Waals surface area (Å²) in [5.74, 6) is 0.889. The van der Waals surface area contributed by atoms with Crippen LogP contribution in [-0.4, -0.2) is 32.1 Å². The molecule has 0 unspecified atom stereocenters. The zero-order valence-corrected chi connectivity index (χ0v) is 18.2. The van der Waals surface area contributed by atoms with E-state index in [4.69, 9.17) is 14.2 Å². The number of methoxy groups -OCH3 is 1. The minimum atomic E-state index is -0.512. The third kappa shape index (κ3) is 7.30. The highest BCUT2D eigenvalue weighted by Gasteiger charge is 2.15. The zero-order valence-electron chi connectivity index (χ0n) is 16.7. The van der Waals surface area contributed by atoms with E-state index in [0.717, 1.165) is 10.9 Å². The first-order chi connectivity index (χ1) is 13.9. The van der Waals surface area contributed by atoms with Crippen LogP contribution in [0.2, 0.25) is 0 Å². The van der Waals surface area contributed by atoms with Gasteiger partial charge in [-0.25, -0.2) is 0 Å². The number of nitrogens with one attached hydrogen (secondary N) is 2. The molecular weight excluding hydrogens is 440 g/mol. The molecule has 0 aliphatic rings. The maximum atomic E-state index is 12.5. The highest BCUT2D eigenvalue weighted by molar-refractivity contribution is 9.10. The zero-order chi connectivity index (χ0) is 21.2. The fraction of sp³-hybridized carbons (Fsp3) is 0.333. The average molecular weight is 465 g/mol. The number of carbonyl (C=O) groups excluding carboxylic acids is 2. The Hall–Kier alpha value is -2.74. The van der Waals surface area contributed by atoms with Gasteiger partial charge in [-0.15, -0.1) is 0 Å². The maximum absolute atomic E-state index is 12.5. The van der Waals surface area contributed by atoms with Crippen LogP contribution < -0.4 is 25.1 Å². The Kier molecular flexibility index (Phi) is 8.79. The SMILES string of the molecule is COc1ccccc1OCC(=O)NNC(=O)c1cc(Br)ccc1OCCC(C)C. The van der Waals surface area contributed by atoms with Gasteiger partial charge in [-0.05, 0) is 42.7 Å². The number of hydrazine groups is 1. The molecule has 156 valence electrons. The third-order valence-electron chi connectivity index (χ3n) is 3.88. The van der Waals surface area contributed by atoms with Crippen LogP contribution in [0.25, 0.3) is 0 Å². The largest absolute Gasteiger partial charge is 0.493 e. The van der Waals surface area contributed by atoms with Crippen molar-refractivity contribution in [3.63, 3.8) is 0 Å². The van der Waals surface area contributed by atoms with Crippen LogP contribution in [0, 0.1) is 5.92 Å². The summed E-state index contributed by atoms with van der Waals surface area (Å²) >= 11 is 3.35. The summed E-state index contributed by atoms with van der Waals surface area (Å²) < 4.78 is 17.0. The van der Waals surface area contributed by atoms with E-state index in [0.29, 0.717) is 35.3 Å². The first kappa shape index (κ1) is 22.5. The van der Waals surface area contributed by atoms with Crippen molar-refractivity contribution in [2.75, 3.05) is 20.3 Å². The van der Waals surface area contributed by atoms with Gasteiger partial charge in [-0.1, -0.05) is 41.9 Å². The van der Waals surface area contributed by atoms with Crippen molar-refractivity contribution in [1.82, 2.24) is 10.9 Å². The number of halogens is 1. The summed E-state index contributed by atoms with van der Waals surface area (Å²) in [5, 5.41) is 0. The Morgan fingerprint density at radius 1 is 1.00 bits per heavy atom. The monoisotopic (exact) mass is 464 g/mol. The molecule has 2 amide bonds. The number of ether oxygens (including phenoxy) is 3. The van der Waals surface area contributed by atoms with Crippen LogP contribution in [0.5, 0.6) is 17.2 Å². The van der Waals surface area contributed by atoms with Crippen molar-refractivity contribution in [3.05, 3.63) is 52.5 Å². The van der Waals surface area contributed by atoms with Gasteiger partial charge < -0.3 is 14.2 Å². The molecule has 0 heterocycles. The molecule has 2 aromatic rings.